The molecule has 1 aromatic carbocycles. The highest BCUT2D eigenvalue weighted by Gasteiger charge is 2.17. The molecule has 1 aromatic rings. The van der Waals surface area contributed by atoms with Crippen molar-refractivity contribution < 1.29 is 14.6 Å². The monoisotopic (exact) mass is 301 g/mol. The number of ether oxygens (including phenoxy) is 2. The van der Waals surface area contributed by atoms with Crippen LogP contribution in [0.1, 0.15) is 18.5 Å². The molecule has 0 amide bonds. The largest absolute Gasteiger partial charge is 0.389 e. The number of rotatable bonds is 9. The predicted molar refractivity (Wildman–Crippen MR) is 81.2 cm³/mol. The summed E-state index contributed by atoms with van der Waals surface area (Å²) in [5, 5.41) is 10.7. The van der Waals surface area contributed by atoms with Crippen LogP contribution in [-0.2, 0) is 9.47 Å². The maximum atomic E-state index is 9.94. The van der Waals surface area contributed by atoms with Crippen molar-refractivity contribution >= 4 is 11.6 Å². The van der Waals surface area contributed by atoms with Crippen LogP contribution in [-0.4, -0.2) is 56.6 Å². The number of halogens is 1. The molecule has 0 aliphatic carbocycles. The molecule has 5 heteroatoms. The minimum absolute atomic E-state index is 0.136. The van der Waals surface area contributed by atoms with Crippen molar-refractivity contribution in [1.29, 1.82) is 0 Å². The molecule has 2 atom stereocenters. The van der Waals surface area contributed by atoms with E-state index >= 15 is 0 Å². The van der Waals surface area contributed by atoms with Crippen LogP contribution in [0.2, 0.25) is 5.02 Å². The lowest BCUT2D eigenvalue weighted by Crippen LogP contribution is -2.34. The molecule has 0 fully saturated rings. The Bertz CT molecular complexity index is 389. The molecule has 0 radical (unpaired) electrons. The summed E-state index contributed by atoms with van der Waals surface area (Å²) in [6, 6.07) is 7.90. The molecule has 1 N–H and O–H groups in total. The average molecular weight is 302 g/mol. The van der Waals surface area contributed by atoms with Crippen molar-refractivity contribution in [2.45, 2.75) is 19.1 Å². The standard InChI is InChI=1S/C15H24ClNO3/c1-12(14-6-4-5-7-15(14)16)17(2)10-13(18)11-20-9-8-19-3/h4-7,12-13,18H,8-11H2,1-3H3. The van der Waals surface area contributed by atoms with E-state index in [-0.39, 0.29) is 6.04 Å². The minimum Gasteiger partial charge on any atom is -0.389 e. The van der Waals surface area contributed by atoms with Gasteiger partial charge in [0.1, 0.15) is 0 Å². The number of likely N-dealkylation sites (N-methyl/N-ethyl adjacent to an activating group) is 1. The quantitative estimate of drug-likeness (QED) is 0.711. The van der Waals surface area contributed by atoms with Gasteiger partial charge < -0.3 is 14.6 Å². The molecule has 4 nitrogen and oxygen atoms in total. The molecule has 0 aliphatic rings. The second kappa shape index (κ2) is 9.32. The number of aliphatic hydroxyl groups excluding tert-OH is 1. The number of hydrogen-bond donors (Lipinski definition) is 1. The van der Waals surface area contributed by atoms with Crippen LogP contribution in [0, 0.1) is 0 Å². The lowest BCUT2D eigenvalue weighted by Gasteiger charge is -2.27. The summed E-state index contributed by atoms with van der Waals surface area (Å²) < 4.78 is 10.2. The van der Waals surface area contributed by atoms with E-state index in [1.165, 1.54) is 0 Å². The van der Waals surface area contributed by atoms with Gasteiger partial charge in [0.05, 0.1) is 25.9 Å². The van der Waals surface area contributed by atoms with E-state index in [4.69, 9.17) is 21.1 Å². The Morgan fingerprint density at radius 2 is 2.00 bits per heavy atom. The highest BCUT2D eigenvalue weighted by molar-refractivity contribution is 6.31. The Morgan fingerprint density at radius 3 is 2.65 bits per heavy atom. The predicted octanol–water partition coefficient (Wildman–Crippen LogP) is 2.36. The van der Waals surface area contributed by atoms with Crippen molar-refractivity contribution in [2.24, 2.45) is 0 Å². The fraction of sp³-hybridized carbons (Fsp3) is 0.600. The Morgan fingerprint density at radius 1 is 1.30 bits per heavy atom. The van der Waals surface area contributed by atoms with Crippen molar-refractivity contribution in [3.8, 4) is 0 Å². The van der Waals surface area contributed by atoms with Gasteiger partial charge in [0.25, 0.3) is 0 Å². The molecule has 0 bridgehead atoms. The second-order valence-electron chi connectivity index (χ2n) is 4.86. The van der Waals surface area contributed by atoms with Gasteiger partial charge in [-0.2, -0.15) is 0 Å². The number of aliphatic hydroxyl groups is 1. The van der Waals surface area contributed by atoms with E-state index in [0.29, 0.717) is 26.4 Å². The molecule has 2 unspecified atom stereocenters. The number of nitrogens with zero attached hydrogens (tertiary/aromatic N) is 1. The zero-order chi connectivity index (χ0) is 15.0. The van der Waals surface area contributed by atoms with Gasteiger partial charge in [-0.25, -0.2) is 0 Å². The molecule has 0 aliphatic heterocycles. The Hall–Kier alpha value is -0.650. The number of methoxy groups -OCH3 is 1. The zero-order valence-electron chi connectivity index (χ0n) is 12.4. The van der Waals surface area contributed by atoms with E-state index in [1.54, 1.807) is 7.11 Å². The summed E-state index contributed by atoms with van der Waals surface area (Å²) in [5.74, 6) is 0. The van der Waals surface area contributed by atoms with Gasteiger partial charge in [-0.3, -0.25) is 4.90 Å². The fourth-order valence-corrected chi connectivity index (χ4v) is 2.25. The molecular formula is C15H24ClNO3. The number of hydrogen-bond acceptors (Lipinski definition) is 4. The summed E-state index contributed by atoms with van der Waals surface area (Å²) in [6.45, 7) is 3.94. The average Bonchev–Trinajstić information content (AvgIpc) is 2.43. The van der Waals surface area contributed by atoms with Crippen LogP contribution in [0.3, 0.4) is 0 Å². The molecule has 0 spiro atoms. The molecule has 1 rings (SSSR count). The topological polar surface area (TPSA) is 41.9 Å². The Labute approximate surface area is 126 Å². The third-order valence-electron chi connectivity index (χ3n) is 3.26. The first kappa shape index (κ1) is 17.4. The first-order valence-electron chi connectivity index (χ1n) is 6.75. The van der Waals surface area contributed by atoms with Gasteiger partial charge in [0, 0.05) is 24.7 Å². The molecular weight excluding hydrogens is 278 g/mol. The first-order valence-corrected chi connectivity index (χ1v) is 7.13. The summed E-state index contributed by atoms with van der Waals surface area (Å²) >= 11 is 6.19. The SMILES string of the molecule is COCCOCC(O)CN(C)C(C)c1ccccc1Cl. The fourth-order valence-electron chi connectivity index (χ4n) is 1.96. The molecule has 0 saturated carbocycles. The third kappa shape index (κ3) is 5.77. The molecule has 0 aromatic heterocycles. The normalized spacial score (nSPS) is 14.5. The summed E-state index contributed by atoms with van der Waals surface area (Å²) in [5.41, 5.74) is 1.06. The van der Waals surface area contributed by atoms with Crippen LogP contribution in [0.4, 0.5) is 0 Å². The minimum atomic E-state index is -0.526. The molecule has 114 valence electrons. The smallest absolute Gasteiger partial charge is 0.0900 e. The second-order valence-corrected chi connectivity index (χ2v) is 5.27. The van der Waals surface area contributed by atoms with Gasteiger partial charge in [-0.1, -0.05) is 29.8 Å². The van der Waals surface area contributed by atoms with Crippen molar-refractivity contribution in [1.82, 2.24) is 4.90 Å². The first-order chi connectivity index (χ1) is 9.56. The number of benzene rings is 1. The van der Waals surface area contributed by atoms with E-state index < -0.39 is 6.10 Å². The molecule has 0 heterocycles. The molecule has 20 heavy (non-hydrogen) atoms. The van der Waals surface area contributed by atoms with Gasteiger partial charge in [-0.05, 0) is 25.6 Å². The van der Waals surface area contributed by atoms with E-state index in [0.717, 1.165) is 10.6 Å². The van der Waals surface area contributed by atoms with Crippen LogP contribution >= 0.6 is 11.6 Å². The maximum absolute atomic E-state index is 9.94. The third-order valence-corrected chi connectivity index (χ3v) is 3.60. The van der Waals surface area contributed by atoms with Crippen molar-refractivity contribution in [3.05, 3.63) is 34.9 Å². The van der Waals surface area contributed by atoms with E-state index in [1.807, 2.05) is 31.3 Å². The molecule has 0 saturated heterocycles. The van der Waals surface area contributed by atoms with Crippen molar-refractivity contribution in [3.63, 3.8) is 0 Å². The van der Waals surface area contributed by atoms with Crippen LogP contribution in [0.25, 0.3) is 0 Å². The van der Waals surface area contributed by atoms with Gasteiger partial charge in [0.15, 0.2) is 0 Å². The van der Waals surface area contributed by atoms with Crippen LogP contribution in [0.5, 0.6) is 0 Å². The Kier molecular flexibility index (Phi) is 8.11. The van der Waals surface area contributed by atoms with E-state index in [9.17, 15) is 5.11 Å². The van der Waals surface area contributed by atoms with E-state index in [2.05, 4.69) is 11.8 Å². The van der Waals surface area contributed by atoms with Crippen LogP contribution in [0.15, 0.2) is 24.3 Å². The highest BCUT2D eigenvalue weighted by Crippen LogP contribution is 2.26. The lowest BCUT2D eigenvalue weighted by atomic mass is 10.1. The lowest BCUT2D eigenvalue weighted by molar-refractivity contribution is -0.00157. The Balaban J connectivity index is 2.41. The summed E-state index contributed by atoms with van der Waals surface area (Å²) in [6.07, 6.45) is -0.526. The van der Waals surface area contributed by atoms with Gasteiger partial charge in [0.2, 0.25) is 0 Å². The highest BCUT2D eigenvalue weighted by atomic mass is 35.5. The maximum Gasteiger partial charge on any atom is 0.0900 e. The zero-order valence-corrected chi connectivity index (χ0v) is 13.1. The summed E-state index contributed by atoms with van der Waals surface area (Å²) in [4.78, 5) is 2.06. The van der Waals surface area contributed by atoms with Gasteiger partial charge in [-0.15, -0.1) is 0 Å². The van der Waals surface area contributed by atoms with Crippen molar-refractivity contribution in [2.75, 3.05) is 40.5 Å². The summed E-state index contributed by atoms with van der Waals surface area (Å²) in [7, 11) is 3.59. The van der Waals surface area contributed by atoms with Gasteiger partial charge >= 0.3 is 0 Å². The van der Waals surface area contributed by atoms with Crippen LogP contribution < -0.4 is 0 Å².